The minimum Gasteiger partial charge on any atom is -0.493 e. The Morgan fingerprint density at radius 2 is 2.19 bits per heavy atom. The Morgan fingerprint density at radius 1 is 1.42 bits per heavy atom. The monoisotopic (exact) mass is 358 g/mol. The fourth-order valence-electron chi connectivity index (χ4n) is 3.10. The van der Waals surface area contributed by atoms with Crippen LogP contribution in [0.2, 0.25) is 0 Å². The van der Waals surface area contributed by atoms with Crippen LogP contribution in [-0.4, -0.2) is 35.3 Å². The average Bonchev–Trinajstić information content (AvgIpc) is 3.02. The van der Waals surface area contributed by atoms with Crippen LogP contribution in [0.25, 0.3) is 0 Å². The van der Waals surface area contributed by atoms with Gasteiger partial charge in [-0.15, -0.1) is 0 Å². The van der Waals surface area contributed by atoms with Gasteiger partial charge < -0.3 is 20.5 Å². The molecule has 2 heterocycles. The lowest BCUT2D eigenvalue weighted by molar-refractivity contribution is -0.120. The van der Waals surface area contributed by atoms with E-state index in [9.17, 15) is 9.59 Å². The molecular weight excluding hydrogens is 336 g/mol. The number of primary amides is 1. The molecule has 2 amide bonds. The number of carbonyl (C=O) groups is 2. The fourth-order valence-corrected chi connectivity index (χ4v) is 3.10. The standard InChI is InChI=1S/C18H22N4O4/c1-10(2)22-18-13(8-20-22)12(7-17(24)21-18)11-4-5-14(15(6-11)25-3)26-9-16(19)23/h4-6,8,10,12H,7,9H2,1-3H3,(H2,19,23)(H,21,24). The van der Waals surface area contributed by atoms with E-state index in [-0.39, 0.29) is 24.5 Å². The SMILES string of the molecule is COc1cc(C2CC(=O)Nc3c2cnn3C(C)C)ccc1OCC(N)=O. The number of fused-ring (bicyclic) bond motifs is 1. The molecule has 8 heteroatoms. The molecule has 2 aromatic rings. The Hall–Kier alpha value is -3.03. The minimum atomic E-state index is -0.564. The molecule has 1 aromatic heterocycles. The Bertz CT molecular complexity index is 844. The largest absolute Gasteiger partial charge is 0.493 e. The lowest BCUT2D eigenvalue weighted by Crippen LogP contribution is -2.25. The number of ether oxygens (including phenoxy) is 2. The number of amides is 2. The number of hydrogen-bond acceptors (Lipinski definition) is 5. The summed E-state index contributed by atoms with van der Waals surface area (Å²) in [6.07, 6.45) is 2.12. The van der Waals surface area contributed by atoms with Gasteiger partial charge in [0.2, 0.25) is 5.91 Å². The van der Waals surface area contributed by atoms with Crippen LogP contribution in [0.4, 0.5) is 5.82 Å². The van der Waals surface area contributed by atoms with E-state index in [4.69, 9.17) is 15.2 Å². The van der Waals surface area contributed by atoms with Gasteiger partial charge in [0.1, 0.15) is 5.82 Å². The first-order valence-corrected chi connectivity index (χ1v) is 8.37. The van der Waals surface area contributed by atoms with Gasteiger partial charge in [-0.1, -0.05) is 6.07 Å². The normalized spacial score (nSPS) is 16.2. The van der Waals surface area contributed by atoms with Crippen LogP contribution in [0, 0.1) is 0 Å². The average molecular weight is 358 g/mol. The first-order valence-electron chi connectivity index (χ1n) is 8.37. The molecule has 8 nitrogen and oxygen atoms in total. The Labute approximate surface area is 151 Å². The Balaban J connectivity index is 1.97. The Kier molecular flexibility index (Phi) is 4.83. The van der Waals surface area contributed by atoms with Crippen molar-refractivity contribution in [2.75, 3.05) is 19.0 Å². The number of aromatic nitrogens is 2. The maximum absolute atomic E-state index is 12.2. The van der Waals surface area contributed by atoms with Gasteiger partial charge in [0.25, 0.3) is 5.91 Å². The van der Waals surface area contributed by atoms with Gasteiger partial charge in [-0.3, -0.25) is 9.59 Å². The first-order chi connectivity index (χ1) is 12.4. The highest BCUT2D eigenvalue weighted by molar-refractivity contribution is 5.94. The number of nitrogens with two attached hydrogens (primary N) is 1. The molecular formula is C18H22N4O4. The van der Waals surface area contributed by atoms with Crippen LogP contribution in [0.5, 0.6) is 11.5 Å². The molecule has 26 heavy (non-hydrogen) atoms. The van der Waals surface area contributed by atoms with Crippen molar-refractivity contribution < 1.29 is 19.1 Å². The van der Waals surface area contributed by atoms with Gasteiger partial charge in [-0.05, 0) is 31.5 Å². The van der Waals surface area contributed by atoms with E-state index in [1.165, 1.54) is 7.11 Å². The van der Waals surface area contributed by atoms with E-state index in [0.717, 1.165) is 16.9 Å². The van der Waals surface area contributed by atoms with E-state index in [0.29, 0.717) is 17.9 Å². The number of methoxy groups -OCH3 is 1. The number of nitrogens with one attached hydrogen (secondary N) is 1. The molecule has 0 aliphatic carbocycles. The first kappa shape index (κ1) is 17.8. The van der Waals surface area contributed by atoms with Crippen LogP contribution in [0.1, 0.15) is 43.4 Å². The molecule has 0 saturated heterocycles. The molecule has 0 saturated carbocycles. The van der Waals surface area contributed by atoms with Gasteiger partial charge in [-0.2, -0.15) is 5.10 Å². The van der Waals surface area contributed by atoms with Crippen molar-refractivity contribution in [3.63, 3.8) is 0 Å². The summed E-state index contributed by atoms with van der Waals surface area (Å²) in [5, 5.41) is 7.33. The van der Waals surface area contributed by atoms with Gasteiger partial charge >= 0.3 is 0 Å². The summed E-state index contributed by atoms with van der Waals surface area (Å²) >= 11 is 0. The summed E-state index contributed by atoms with van der Waals surface area (Å²) in [5.41, 5.74) is 6.99. The van der Waals surface area contributed by atoms with Gasteiger partial charge in [0.15, 0.2) is 18.1 Å². The highest BCUT2D eigenvalue weighted by Crippen LogP contribution is 2.40. The van der Waals surface area contributed by atoms with Gasteiger partial charge in [-0.25, -0.2) is 4.68 Å². The van der Waals surface area contributed by atoms with E-state index in [2.05, 4.69) is 10.4 Å². The van der Waals surface area contributed by atoms with Crippen molar-refractivity contribution in [2.24, 2.45) is 5.73 Å². The van der Waals surface area contributed by atoms with E-state index >= 15 is 0 Å². The van der Waals surface area contributed by atoms with E-state index in [1.54, 1.807) is 16.9 Å². The molecule has 3 rings (SSSR count). The van der Waals surface area contributed by atoms with Crippen molar-refractivity contribution in [1.82, 2.24) is 9.78 Å². The molecule has 0 bridgehead atoms. The predicted molar refractivity (Wildman–Crippen MR) is 95.4 cm³/mol. The summed E-state index contributed by atoms with van der Waals surface area (Å²) in [5.74, 6) is 0.879. The van der Waals surface area contributed by atoms with Crippen LogP contribution in [0.15, 0.2) is 24.4 Å². The smallest absolute Gasteiger partial charge is 0.255 e. The van der Waals surface area contributed by atoms with Crippen LogP contribution in [0.3, 0.4) is 0 Å². The molecule has 1 aliphatic heterocycles. The second-order valence-electron chi connectivity index (χ2n) is 6.46. The van der Waals surface area contributed by atoms with Crippen molar-refractivity contribution in [2.45, 2.75) is 32.2 Å². The summed E-state index contributed by atoms with van der Waals surface area (Å²) in [7, 11) is 1.52. The molecule has 1 atom stereocenters. The van der Waals surface area contributed by atoms with Gasteiger partial charge in [0, 0.05) is 23.9 Å². The van der Waals surface area contributed by atoms with Crippen molar-refractivity contribution >= 4 is 17.6 Å². The Morgan fingerprint density at radius 3 is 2.85 bits per heavy atom. The number of anilines is 1. The number of hydrogen-bond donors (Lipinski definition) is 2. The molecule has 1 aliphatic rings. The van der Waals surface area contributed by atoms with E-state index in [1.807, 2.05) is 26.0 Å². The quantitative estimate of drug-likeness (QED) is 0.819. The molecule has 1 unspecified atom stereocenters. The lowest BCUT2D eigenvalue weighted by Gasteiger charge is -2.25. The molecule has 138 valence electrons. The topological polar surface area (TPSA) is 108 Å². The minimum absolute atomic E-state index is 0.0575. The number of benzene rings is 1. The summed E-state index contributed by atoms with van der Waals surface area (Å²) < 4.78 is 12.5. The van der Waals surface area contributed by atoms with Crippen molar-refractivity contribution in [3.8, 4) is 11.5 Å². The summed E-state index contributed by atoms with van der Waals surface area (Å²) in [6, 6.07) is 5.53. The third-order valence-corrected chi connectivity index (χ3v) is 4.30. The molecule has 0 spiro atoms. The molecule has 0 fully saturated rings. The molecule has 1 aromatic carbocycles. The number of nitrogens with zero attached hydrogens (tertiary/aromatic N) is 2. The van der Waals surface area contributed by atoms with Gasteiger partial charge in [0.05, 0.1) is 13.3 Å². The maximum Gasteiger partial charge on any atom is 0.255 e. The second-order valence-corrected chi connectivity index (χ2v) is 6.46. The number of rotatable bonds is 6. The predicted octanol–water partition coefficient (Wildman–Crippen LogP) is 1.81. The third-order valence-electron chi connectivity index (χ3n) is 4.30. The summed E-state index contributed by atoms with van der Waals surface area (Å²) in [4.78, 5) is 23.1. The zero-order chi connectivity index (χ0) is 18.8. The fraction of sp³-hybridized carbons (Fsp3) is 0.389. The maximum atomic E-state index is 12.2. The molecule has 0 radical (unpaired) electrons. The zero-order valence-electron chi connectivity index (χ0n) is 15.0. The van der Waals surface area contributed by atoms with Crippen LogP contribution >= 0.6 is 0 Å². The highest BCUT2D eigenvalue weighted by atomic mass is 16.5. The van der Waals surface area contributed by atoms with E-state index < -0.39 is 5.91 Å². The van der Waals surface area contributed by atoms with Crippen molar-refractivity contribution in [3.05, 3.63) is 35.5 Å². The lowest BCUT2D eigenvalue weighted by atomic mass is 9.87. The second kappa shape index (κ2) is 7.07. The molecule has 3 N–H and O–H groups in total. The number of carbonyl (C=O) groups excluding carboxylic acids is 2. The summed E-state index contributed by atoms with van der Waals surface area (Å²) in [6.45, 7) is 3.79. The zero-order valence-corrected chi connectivity index (χ0v) is 15.0. The third kappa shape index (κ3) is 3.35. The highest BCUT2D eigenvalue weighted by Gasteiger charge is 2.31. The van der Waals surface area contributed by atoms with Crippen LogP contribution < -0.4 is 20.5 Å². The van der Waals surface area contributed by atoms with Crippen LogP contribution in [-0.2, 0) is 9.59 Å². The van der Waals surface area contributed by atoms with Crippen molar-refractivity contribution in [1.29, 1.82) is 0 Å².